The van der Waals surface area contributed by atoms with E-state index in [1.807, 2.05) is 43.3 Å². The number of nitrogens with zero attached hydrogens (tertiary/aromatic N) is 1. The second-order valence-electron chi connectivity index (χ2n) is 3.20. The fourth-order valence-electron chi connectivity index (χ4n) is 1.34. The molecule has 78 valence electrons. The average molecular weight is 199 g/mol. The lowest BCUT2D eigenvalue weighted by molar-refractivity contribution is 1.06. The van der Waals surface area contributed by atoms with Crippen LogP contribution in [0.1, 0.15) is 25.8 Å². The van der Waals surface area contributed by atoms with Crippen LogP contribution in [0.25, 0.3) is 0 Å². The summed E-state index contributed by atoms with van der Waals surface area (Å²) in [6, 6.07) is 10.1. The highest BCUT2D eigenvalue weighted by atomic mass is 14.8. The largest absolute Gasteiger partial charge is 0.253 e. The van der Waals surface area contributed by atoms with Crippen molar-refractivity contribution in [2.45, 2.75) is 20.3 Å². The lowest BCUT2D eigenvalue weighted by atomic mass is 10.1. The van der Waals surface area contributed by atoms with Gasteiger partial charge < -0.3 is 0 Å². The normalized spacial score (nSPS) is 12.7. The Hall–Kier alpha value is -1.63. The molecule has 0 saturated heterocycles. The number of aliphatic imine (C=N–C) groups is 1. The summed E-state index contributed by atoms with van der Waals surface area (Å²) in [6.07, 6.45) is 4.78. The van der Waals surface area contributed by atoms with Crippen LogP contribution in [0.3, 0.4) is 0 Å². The van der Waals surface area contributed by atoms with E-state index in [4.69, 9.17) is 0 Å². The van der Waals surface area contributed by atoms with Crippen molar-refractivity contribution in [2.75, 3.05) is 0 Å². The highest BCUT2D eigenvalue weighted by Crippen LogP contribution is 2.08. The minimum absolute atomic E-state index is 0.936. The molecule has 1 heteroatoms. The predicted molar refractivity (Wildman–Crippen MR) is 67.2 cm³/mol. The Morgan fingerprint density at radius 2 is 2.00 bits per heavy atom. The van der Waals surface area contributed by atoms with E-state index in [9.17, 15) is 0 Å². The van der Waals surface area contributed by atoms with Gasteiger partial charge in [0, 0.05) is 11.3 Å². The molecule has 0 unspecified atom stereocenters. The predicted octanol–water partition coefficient (Wildman–Crippen LogP) is 3.98. The highest BCUT2D eigenvalue weighted by molar-refractivity contribution is 6.08. The molecule has 15 heavy (non-hydrogen) atoms. The van der Waals surface area contributed by atoms with Crippen molar-refractivity contribution in [1.82, 2.24) is 0 Å². The summed E-state index contributed by atoms with van der Waals surface area (Å²) in [5, 5.41) is 0. The molecule has 1 aromatic rings. The van der Waals surface area contributed by atoms with Gasteiger partial charge in [-0.2, -0.15) is 0 Å². The van der Waals surface area contributed by atoms with Crippen LogP contribution in [0.4, 0.5) is 0 Å². The monoisotopic (exact) mass is 199 g/mol. The zero-order valence-electron chi connectivity index (χ0n) is 9.40. The van der Waals surface area contributed by atoms with Gasteiger partial charge in [0.2, 0.25) is 0 Å². The van der Waals surface area contributed by atoms with Crippen LogP contribution in [0.15, 0.2) is 59.8 Å². The minimum Gasteiger partial charge on any atom is -0.253 e. The topological polar surface area (TPSA) is 12.4 Å². The second-order valence-corrected chi connectivity index (χ2v) is 3.20. The number of allylic oxidation sites excluding steroid dienone is 3. The van der Waals surface area contributed by atoms with Crippen molar-refractivity contribution in [3.63, 3.8) is 0 Å². The summed E-state index contributed by atoms with van der Waals surface area (Å²) in [5.41, 5.74) is 3.14. The summed E-state index contributed by atoms with van der Waals surface area (Å²) < 4.78 is 0. The van der Waals surface area contributed by atoms with Gasteiger partial charge in [0.1, 0.15) is 0 Å². The Labute approximate surface area is 91.9 Å². The van der Waals surface area contributed by atoms with E-state index in [-0.39, 0.29) is 0 Å². The lowest BCUT2D eigenvalue weighted by Gasteiger charge is -2.02. The van der Waals surface area contributed by atoms with Gasteiger partial charge in [-0.3, -0.25) is 4.99 Å². The molecule has 1 rings (SSSR count). The number of hydrogen-bond acceptors (Lipinski definition) is 1. The first kappa shape index (κ1) is 11.4. The van der Waals surface area contributed by atoms with Crippen LogP contribution in [0.5, 0.6) is 0 Å². The zero-order valence-corrected chi connectivity index (χ0v) is 9.40. The number of hydrogen-bond donors (Lipinski definition) is 0. The third-order valence-corrected chi connectivity index (χ3v) is 2.22. The molecule has 0 aromatic heterocycles. The number of rotatable bonds is 4. The van der Waals surface area contributed by atoms with E-state index >= 15 is 0 Å². The molecule has 0 aliphatic carbocycles. The van der Waals surface area contributed by atoms with Crippen molar-refractivity contribution in [3.8, 4) is 0 Å². The first-order chi connectivity index (χ1) is 7.31. The molecule has 0 atom stereocenters. The van der Waals surface area contributed by atoms with Crippen LogP contribution in [-0.2, 0) is 0 Å². The van der Waals surface area contributed by atoms with E-state index in [1.165, 1.54) is 0 Å². The van der Waals surface area contributed by atoms with E-state index in [0.29, 0.717) is 0 Å². The Kier molecular flexibility index (Phi) is 4.55. The number of benzene rings is 1. The summed E-state index contributed by atoms with van der Waals surface area (Å²) in [7, 11) is 0. The van der Waals surface area contributed by atoms with Gasteiger partial charge >= 0.3 is 0 Å². The molecule has 0 bridgehead atoms. The molecule has 0 aliphatic rings. The van der Waals surface area contributed by atoms with Gasteiger partial charge in [0.05, 0.1) is 5.71 Å². The van der Waals surface area contributed by atoms with Crippen molar-refractivity contribution in [1.29, 1.82) is 0 Å². The van der Waals surface area contributed by atoms with Gasteiger partial charge in [-0.15, -0.1) is 0 Å². The van der Waals surface area contributed by atoms with E-state index < -0.39 is 0 Å². The smallest absolute Gasteiger partial charge is 0.0699 e. The van der Waals surface area contributed by atoms with E-state index in [2.05, 4.69) is 18.5 Å². The molecule has 0 heterocycles. The third-order valence-electron chi connectivity index (χ3n) is 2.22. The Morgan fingerprint density at radius 1 is 1.33 bits per heavy atom. The van der Waals surface area contributed by atoms with Crippen LogP contribution in [-0.4, -0.2) is 5.71 Å². The molecule has 1 nitrogen and oxygen atoms in total. The maximum atomic E-state index is 4.56. The third kappa shape index (κ3) is 3.21. The summed E-state index contributed by atoms with van der Waals surface area (Å²) >= 11 is 0. The Balaban J connectivity index is 3.04. The van der Waals surface area contributed by atoms with Crippen LogP contribution in [0.2, 0.25) is 0 Å². The first-order valence-electron chi connectivity index (χ1n) is 5.23. The summed E-state index contributed by atoms with van der Waals surface area (Å²) in [4.78, 5) is 4.56. The maximum Gasteiger partial charge on any atom is 0.0699 e. The molecule has 0 radical (unpaired) electrons. The van der Waals surface area contributed by atoms with Crippen molar-refractivity contribution < 1.29 is 0 Å². The lowest BCUT2D eigenvalue weighted by Crippen LogP contribution is -1.96. The van der Waals surface area contributed by atoms with Gasteiger partial charge in [-0.1, -0.05) is 49.9 Å². The molecule has 0 saturated carbocycles. The van der Waals surface area contributed by atoms with Gasteiger partial charge in [-0.05, 0) is 19.4 Å². The Morgan fingerprint density at radius 3 is 2.47 bits per heavy atom. The molecule has 0 amide bonds. The minimum atomic E-state index is 0.936. The van der Waals surface area contributed by atoms with E-state index in [0.717, 1.165) is 23.4 Å². The zero-order chi connectivity index (χ0) is 11.1. The van der Waals surface area contributed by atoms with Crippen molar-refractivity contribution in [2.24, 2.45) is 4.99 Å². The van der Waals surface area contributed by atoms with Crippen molar-refractivity contribution in [3.05, 3.63) is 60.3 Å². The maximum absolute atomic E-state index is 4.56. The summed E-state index contributed by atoms with van der Waals surface area (Å²) in [5.74, 6) is 0. The molecule has 0 fully saturated rings. The summed E-state index contributed by atoms with van der Waals surface area (Å²) in [6.45, 7) is 7.91. The fourth-order valence-corrected chi connectivity index (χ4v) is 1.34. The quantitative estimate of drug-likeness (QED) is 0.650. The van der Waals surface area contributed by atoms with Crippen LogP contribution in [0, 0.1) is 0 Å². The average Bonchev–Trinajstić information content (AvgIpc) is 2.32. The molecule has 0 N–H and O–H groups in total. The standard InChI is InChI=1S/C14H17N/c1-4-13(5-2)15-14(6-3)12-10-8-7-9-11-12/h4,6-11H,3,5H2,1-2H3/b13-4-,15-14?. The van der Waals surface area contributed by atoms with Crippen molar-refractivity contribution >= 4 is 5.71 Å². The Bertz CT molecular complexity index is 372. The molecule has 0 spiro atoms. The second kappa shape index (κ2) is 5.97. The SMILES string of the molecule is C=CC(=N/C(=C\C)CC)c1ccccc1. The van der Waals surface area contributed by atoms with Crippen LogP contribution < -0.4 is 0 Å². The van der Waals surface area contributed by atoms with E-state index in [1.54, 1.807) is 6.08 Å². The van der Waals surface area contributed by atoms with Gasteiger partial charge in [0.25, 0.3) is 0 Å². The molecule has 1 aromatic carbocycles. The molecule has 0 aliphatic heterocycles. The van der Waals surface area contributed by atoms with Crippen LogP contribution >= 0.6 is 0 Å². The molecular formula is C14H17N. The molecular weight excluding hydrogens is 182 g/mol. The van der Waals surface area contributed by atoms with Gasteiger partial charge in [-0.25, -0.2) is 0 Å². The first-order valence-corrected chi connectivity index (χ1v) is 5.23. The highest BCUT2D eigenvalue weighted by Gasteiger charge is 1.98. The fraction of sp³-hybridized carbons (Fsp3) is 0.214. The van der Waals surface area contributed by atoms with Gasteiger partial charge in [0.15, 0.2) is 0 Å².